The van der Waals surface area contributed by atoms with Crippen molar-refractivity contribution in [1.29, 1.82) is 0 Å². The Kier molecular flexibility index (Phi) is 4.87. The zero-order valence-corrected chi connectivity index (χ0v) is 12.0. The van der Waals surface area contributed by atoms with Crippen LogP contribution in [0.2, 0.25) is 0 Å². The smallest absolute Gasteiger partial charge is 0.191 e. The molecule has 2 N–H and O–H groups in total. The van der Waals surface area contributed by atoms with E-state index in [1.165, 1.54) is 12.8 Å². The van der Waals surface area contributed by atoms with Crippen LogP contribution < -0.4 is 15.4 Å². The van der Waals surface area contributed by atoms with Gasteiger partial charge in [-0.05, 0) is 31.0 Å². The maximum atomic E-state index is 5.63. The molecule has 0 amide bonds. The van der Waals surface area contributed by atoms with Gasteiger partial charge in [-0.1, -0.05) is 22.0 Å². The maximum absolute atomic E-state index is 5.63. The number of benzene rings is 1. The van der Waals surface area contributed by atoms with Gasteiger partial charge in [-0.3, -0.25) is 4.99 Å². The van der Waals surface area contributed by atoms with Crippen molar-refractivity contribution in [2.24, 2.45) is 4.99 Å². The van der Waals surface area contributed by atoms with Gasteiger partial charge in [-0.15, -0.1) is 0 Å². The summed E-state index contributed by atoms with van der Waals surface area (Å²) < 4.78 is 6.65. The summed E-state index contributed by atoms with van der Waals surface area (Å²) in [7, 11) is 1.78. The van der Waals surface area contributed by atoms with E-state index in [0.717, 1.165) is 22.7 Å². The molecular formula is C13H18BrN3O. The highest BCUT2D eigenvalue weighted by molar-refractivity contribution is 9.10. The third-order valence-corrected chi connectivity index (χ3v) is 3.09. The normalized spacial score (nSPS) is 15.3. The van der Waals surface area contributed by atoms with Gasteiger partial charge in [0.25, 0.3) is 0 Å². The van der Waals surface area contributed by atoms with Crippen LogP contribution in [0.25, 0.3) is 0 Å². The molecule has 5 heteroatoms. The van der Waals surface area contributed by atoms with Gasteiger partial charge >= 0.3 is 0 Å². The van der Waals surface area contributed by atoms with Crippen LogP contribution in [0.5, 0.6) is 5.75 Å². The van der Waals surface area contributed by atoms with E-state index in [2.05, 4.69) is 31.6 Å². The molecule has 98 valence electrons. The second-order valence-corrected chi connectivity index (χ2v) is 5.14. The van der Waals surface area contributed by atoms with Crippen LogP contribution in [0.15, 0.2) is 33.7 Å². The Labute approximate surface area is 116 Å². The van der Waals surface area contributed by atoms with E-state index >= 15 is 0 Å². The molecule has 1 aromatic rings. The number of ether oxygens (including phenoxy) is 1. The number of rotatable bonds is 5. The van der Waals surface area contributed by atoms with Crippen molar-refractivity contribution in [3.63, 3.8) is 0 Å². The quantitative estimate of drug-likeness (QED) is 0.497. The lowest BCUT2D eigenvalue weighted by atomic mass is 10.3. The summed E-state index contributed by atoms with van der Waals surface area (Å²) in [5.74, 6) is 1.73. The van der Waals surface area contributed by atoms with E-state index in [-0.39, 0.29) is 0 Å². The van der Waals surface area contributed by atoms with Crippen molar-refractivity contribution in [3.8, 4) is 5.75 Å². The second-order valence-electron chi connectivity index (χ2n) is 4.22. The van der Waals surface area contributed by atoms with Gasteiger partial charge in [-0.2, -0.15) is 0 Å². The largest absolute Gasteiger partial charge is 0.492 e. The summed E-state index contributed by atoms with van der Waals surface area (Å²) in [6, 6.07) is 8.45. The first-order valence-corrected chi connectivity index (χ1v) is 6.93. The number of guanidine groups is 1. The molecular weight excluding hydrogens is 294 g/mol. The Bertz CT molecular complexity index is 418. The minimum atomic E-state index is 0.613. The van der Waals surface area contributed by atoms with Gasteiger partial charge in [0.2, 0.25) is 0 Å². The van der Waals surface area contributed by atoms with Gasteiger partial charge in [-0.25, -0.2) is 0 Å². The third-order valence-electron chi connectivity index (χ3n) is 2.60. The van der Waals surface area contributed by atoms with E-state index in [0.29, 0.717) is 12.6 Å². The molecule has 1 aliphatic rings. The molecule has 18 heavy (non-hydrogen) atoms. The Hall–Kier alpha value is -1.23. The molecule has 0 saturated heterocycles. The second kappa shape index (κ2) is 6.64. The lowest BCUT2D eigenvalue weighted by molar-refractivity contribution is 0.321. The summed E-state index contributed by atoms with van der Waals surface area (Å²) in [5, 5.41) is 6.55. The van der Waals surface area contributed by atoms with E-state index in [1.54, 1.807) is 7.05 Å². The van der Waals surface area contributed by atoms with Gasteiger partial charge in [0, 0.05) is 17.6 Å². The fourth-order valence-corrected chi connectivity index (χ4v) is 1.89. The monoisotopic (exact) mass is 311 g/mol. The Morgan fingerprint density at radius 2 is 2.33 bits per heavy atom. The van der Waals surface area contributed by atoms with E-state index < -0.39 is 0 Å². The number of hydrogen-bond donors (Lipinski definition) is 2. The van der Waals surface area contributed by atoms with Crippen molar-refractivity contribution in [1.82, 2.24) is 10.6 Å². The van der Waals surface area contributed by atoms with Crippen LogP contribution >= 0.6 is 15.9 Å². The van der Waals surface area contributed by atoms with Gasteiger partial charge in [0.1, 0.15) is 12.4 Å². The molecule has 0 bridgehead atoms. The summed E-state index contributed by atoms with van der Waals surface area (Å²) in [5.41, 5.74) is 0. The van der Waals surface area contributed by atoms with Crippen LogP contribution in [0.1, 0.15) is 12.8 Å². The van der Waals surface area contributed by atoms with Crippen molar-refractivity contribution in [3.05, 3.63) is 28.7 Å². The van der Waals surface area contributed by atoms with Gasteiger partial charge in [0.05, 0.1) is 6.54 Å². The summed E-state index contributed by atoms with van der Waals surface area (Å²) in [4.78, 5) is 4.16. The predicted molar refractivity (Wildman–Crippen MR) is 77.2 cm³/mol. The van der Waals surface area contributed by atoms with E-state index in [1.807, 2.05) is 24.3 Å². The van der Waals surface area contributed by atoms with Crippen molar-refractivity contribution < 1.29 is 4.74 Å². The summed E-state index contributed by atoms with van der Waals surface area (Å²) >= 11 is 3.41. The average Bonchev–Trinajstić information content (AvgIpc) is 3.17. The first-order valence-electron chi connectivity index (χ1n) is 6.13. The molecule has 0 heterocycles. The number of nitrogens with zero attached hydrogens (tertiary/aromatic N) is 1. The molecule has 0 atom stereocenters. The molecule has 1 saturated carbocycles. The standard InChI is InChI=1S/C13H18BrN3O/c1-15-13(17-11-5-6-11)16-7-8-18-12-4-2-3-10(14)9-12/h2-4,9,11H,5-8H2,1H3,(H2,15,16,17). The summed E-state index contributed by atoms with van der Waals surface area (Å²) in [6.45, 7) is 1.35. The number of aliphatic imine (C=N–C) groups is 1. The molecule has 1 aromatic carbocycles. The van der Waals surface area contributed by atoms with Gasteiger partial charge in [0.15, 0.2) is 5.96 Å². The van der Waals surface area contributed by atoms with Crippen LogP contribution in [0.4, 0.5) is 0 Å². The van der Waals surface area contributed by atoms with Crippen molar-refractivity contribution in [2.75, 3.05) is 20.2 Å². The average molecular weight is 312 g/mol. The lowest BCUT2D eigenvalue weighted by Crippen LogP contribution is -2.40. The van der Waals surface area contributed by atoms with Gasteiger partial charge < -0.3 is 15.4 Å². The zero-order valence-electron chi connectivity index (χ0n) is 10.4. The molecule has 0 unspecified atom stereocenters. The first kappa shape index (κ1) is 13.2. The fraction of sp³-hybridized carbons (Fsp3) is 0.462. The lowest BCUT2D eigenvalue weighted by Gasteiger charge is -2.11. The van der Waals surface area contributed by atoms with E-state index in [4.69, 9.17) is 4.74 Å². The Morgan fingerprint density at radius 1 is 1.50 bits per heavy atom. The molecule has 4 nitrogen and oxygen atoms in total. The molecule has 0 radical (unpaired) electrons. The molecule has 2 rings (SSSR count). The predicted octanol–water partition coefficient (Wildman–Crippen LogP) is 2.16. The maximum Gasteiger partial charge on any atom is 0.191 e. The number of nitrogens with one attached hydrogen (secondary N) is 2. The Morgan fingerprint density at radius 3 is 3.00 bits per heavy atom. The summed E-state index contributed by atoms with van der Waals surface area (Å²) in [6.07, 6.45) is 2.49. The highest BCUT2D eigenvalue weighted by Crippen LogP contribution is 2.18. The molecule has 0 aliphatic heterocycles. The highest BCUT2D eigenvalue weighted by atomic mass is 79.9. The zero-order chi connectivity index (χ0) is 12.8. The SMILES string of the molecule is CN=C(NCCOc1cccc(Br)c1)NC1CC1. The van der Waals surface area contributed by atoms with Crippen LogP contribution in [0.3, 0.4) is 0 Å². The highest BCUT2D eigenvalue weighted by Gasteiger charge is 2.21. The molecule has 0 spiro atoms. The minimum Gasteiger partial charge on any atom is -0.492 e. The van der Waals surface area contributed by atoms with Crippen LogP contribution in [-0.2, 0) is 0 Å². The molecule has 1 aliphatic carbocycles. The Balaban J connectivity index is 1.65. The number of hydrogen-bond acceptors (Lipinski definition) is 2. The molecule has 1 fully saturated rings. The van der Waals surface area contributed by atoms with Crippen LogP contribution in [-0.4, -0.2) is 32.2 Å². The fourth-order valence-electron chi connectivity index (χ4n) is 1.51. The molecule has 0 aromatic heterocycles. The number of halogens is 1. The minimum absolute atomic E-state index is 0.613. The third kappa shape index (κ3) is 4.56. The van der Waals surface area contributed by atoms with Crippen LogP contribution in [0, 0.1) is 0 Å². The van der Waals surface area contributed by atoms with E-state index in [9.17, 15) is 0 Å². The first-order chi connectivity index (χ1) is 8.78. The van der Waals surface area contributed by atoms with Crippen molar-refractivity contribution in [2.45, 2.75) is 18.9 Å². The topological polar surface area (TPSA) is 45.7 Å². The van der Waals surface area contributed by atoms with Crippen molar-refractivity contribution >= 4 is 21.9 Å².